The second-order valence-corrected chi connectivity index (χ2v) is 6.87. The van der Waals surface area contributed by atoms with Gasteiger partial charge in [0.25, 0.3) is 0 Å². The van der Waals surface area contributed by atoms with Crippen molar-refractivity contribution in [1.29, 1.82) is 0 Å². The molecule has 24 heavy (non-hydrogen) atoms. The summed E-state index contributed by atoms with van der Waals surface area (Å²) in [5.41, 5.74) is 5.36. The smallest absolute Gasteiger partial charge is 0.214 e. The largest absolute Gasteiger partial charge is 1.00 e. The summed E-state index contributed by atoms with van der Waals surface area (Å²) in [5.74, 6) is 0. The molecule has 0 atom stereocenters. The number of hydrogen-bond donors (Lipinski definition) is 0. The average Bonchev–Trinajstić information content (AvgIpc) is 2.45. The number of aromatic nitrogens is 1. The van der Waals surface area contributed by atoms with Gasteiger partial charge in [0, 0.05) is 60.5 Å². The lowest BCUT2D eigenvalue weighted by Crippen LogP contribution is -3.00. The number of aryl methyl sites for hydroxylation is 1. The van der Waals surface area contributed by atoms with Gasteiger partial charge < -0.3 is 33.8 Å². The summed E-state index contributed by atoms with van der Waals surface area (Å²) >= 11 is 0. The molecular weight excluding hydrogens is 409 g/mol. The van der Waals surface area contributed by atoms with Gasteiger partial charge in [-0.3, -0.25) is 0 Å². The highest BCUT2D eigenvalue weighted by molar-refractivity contribution is 5.91. The van der Waals surface area contributed by atoms with E-state index in [9.17, 15) is 0 Å². The molecule has 0 unspecified atom stereocenters. The maximum absolute atomic E-state index is 2.46. The molecule has 2 aromatic carbocycles. The molecule has 2 fully saturated rings. The van der Waals surface area contributed by atoms with Crippen LogP contribution in [0, 0.1) is 0 Å². The fraction of sp³-hybridized carbons (Fsp3) is 0.350. The van der Waals surface area contributed by atoms with Gasteiger partial charge in [-0.05, 0) is 43.2 Å². The van der Waals surface area contributed by atoms with Crippen molar-refractivity contribution in [3.63, 3.8) is 0 Å². The normalized spacial score (nSPS) is 16.7. The van der Waals surface area contributed by atoms with Gasteiger partial charge in [0.05, 0.1) is 0 Å². The van der Waals surface area contributed by atoms with Gasteiger partial charge in [0.2, 0.25) is 11.0 Å². The molecule has 3 heterocycles. The fourth-order valence-corrected chi connectivity index (χ4v) is 3.73. The van der Waals surface area contributed by atoms with E-state index in [4.69, 9.17) is 0 Å². The van der Waals surface area contributed by atoms with Crippen molar-refractivity contribution in [3.05, 3.63) is 42.5 Å². The summed E-state index contributed by atoms with van der Waals surface area (Å²) in [6.07, 6.45) is 2.64. The monoisotopic (exact) mass is 431 g/mol. The molecule has 0 saturated carbocycles. The van der Waals surface area contributed by atoms with Crippen LogP contribution < -0.4 is 38.3 Å². The van der Waals surface area contributed by atoms with Crippen LogP contribution in [0.25, 0.3) is 21.8 Å². The van der Waals surface area contributed by atoms with Crippen LogP contribution in [0.1, 0.15) is 12.8 Å². The minimum Gasteiger partial charge on any atom is -1.00 e. The van der Waals surface area contributed by atoms with Crippen molar-refractivity contribution in [2.45, 2.75) is 12.8 Å². The van der Waals surface area contributed by atoms with E-state index in [1.807, 2.05) is 0 Å². The van der Waals surface area contributed by atoms with Crippen molar-refractivity contribution in [3.8, 4) is 0 Å². The maximum atomic E-state index is 2.46. The molecule has 0 radical (unpaired) electrons. The molecule has 0 N–H and O–H groups in total. The van der Waals surface area contributed by atoms with E-state index in [-0.39, 0.29) is 24.0 Å². The standard InChI is InChI=1S/C20H22N3.HI/c1-21-19-13-17(22-8-2-9-22)6-4-15(19)12-16-5-7-18(14-20(16)21)23-10-3-11-23;/h4-7,12-14H,2-3,8-11H2,1H3;1H/q+1;/p-1. The molecule has 0 spiro atoms. The predicted molar refractivity (Wildman–Crippen MR) is 96.3 cm³/mol. The molecule has 1 aromatic heterocycles. The highest BCUT2D eigenvalue weighted by Gasteiger charge is 2.20. The van der Waals surface area contributed by atoms with Crippen LogP contribution in [0.15, 0.2) is 42.5 Å². The second kappa shape index (κ2) is 6.06. The Morgan fingerprint density at radius 2 is 1.17 bits per heavy atom. The number of anilines is 2. The van der Waals surface area contributed by atoms with Crippen LogP contribution in [0.4, 0.5) is 11.4 Å². The van der Waals surface area contributed by atoms with E-state index in [2.05, 4.69) is 63.9 Å². The summed E-state index contributed by atoms with van der Waals surface area (Å²) in [5, 5.41) is 2.64. The lowest BCUT2D eigenvalue weighted by atomic mass is 10.1. The minimum atomic E-state index is 0. The quantitative estimate of drug-likeness (QED) is 0.327. The van der Waals surface area contributed by atoms with Crippen LogP contribution in [0.2, 0.25) is 0 Å². The first-order valence-corrected chi connectivity index (χ1v) is 8.66. The molecule has 3 nitrogen and oxygen atoms in total. The van der Waals surface area contributed by atoms with Crippen LogP contribution in [-0.4, -0.2) is 26.2 Å². The number of nitrogens with zero attached hydrogens (tertiary/aromatic N) is 3. The molecular formula is C20H22IN3. The Labute approximate surface area is 159 Å². The van der Waals surface area contributed by atoms with Crippen LogP contribution in [-0.2, 0) is 7.05 Å². The van der Waals surface area contributed by atoms with E-state index >= 15 is 0 Å². The van der Waals surface area contributed by atoms with Gasteiger partial charge in [-0.1, -0.05) is 0 Å². The van der Waals surface area contributed by atoms with E-state index in [0.717, 1.165) is 0 Å². The zero-order valence-corrected chi connectivity index (χ0v) is 16.2. The number of halogens is 1. The lowest BCUT2D eigenvalue weighted by molar-refractivity contribution is -0.617. The van der Waals surface area contributed by atoms with Crippen molar-refractivity contribution in [1.82, 2.24) is 0 Å². The second-order valence-electron chi connectivity index (χ2n) is 6.87. The maximum Gasteiger partial charge on any atom is 0.214 e. The van der Waals surface area contributed by atoms with Gasteiger partial charge in [-0.25, -0.2) is 0 Å². The van der Waals surface area contributed by atoms with Crippen molar-refractivity contribution < 1.29 is 28.5 Å². The summed E-state index contributed by atoms with van der Waals surface area (Å²) in [4.78, 5) is 4.92. The SMILES string of the molecule is C[n+]1c2cc(N3CCC3)ccc2cc2ccc(N3CCC3)cc21.[I-]. The van der Waals surface area contributed by atoms with Crippen molar-refractivity contribution in [2.75, 3.05) is 36.0 Å². The molecule has 2 aliphatic heterocycles. The van der Waals surface area contributed by atoms with E-state index in [1.165, 1.54) is 72.2 Å². The molecule has 124 valence electrons. The third-order valence-electron chi connectivity index (χ3n) is 5.50. The Kier molecular flexibility index (Phi) is 4.03. The summed E-state index contributed by atoms with van der Waals surface area (Å²) in [6.45, 7) is 4.79. The lowest BCUT2D eigenvalue weighted by Gasteiger charge is -2.33. The number of rotatable bonds is 2. The fourth-order valence-electron chi connectivity index (χ4n) is 3.73. The molecule has 3 aromatic rings. The molecule has 0 aliphatic carbocycles. The van der Waals surface area contributed by atoms with E-state index < -0.39 is 0 Å². The zero-order chi connectivity index (χ0) is 15.4. The average molecular weight is 431 g/mol. The van der Waals surface area contributed by atoms with Crippen LogP contribution in [0.3, 0.4) is 0 Å². The molecule has 2 saturated heterocycles. The van der Waals surface area contributed by atoms with Gasteiger partial charge in [-0.2, -0.15) is 4.57 Å². The summed E-state index contributed by atoms with van der Waals surface area (Å²) in [6, 6.07) is 16.1. The Morgan fingerprint density at radius 3 is 1.54 bits per heavy atom. The highest BCUT2D eigenvalue weighted by atomic mass is 127. The van der Waals surface area contributed by atoms with Gasteiger partial charge in [0.1, 0.15) is 7.05 Å². The predicted octanol–water partition coefficient (Wildman–Crippen LogP) is 0.242. The van der Waals surface area contributed by atoms with Crippen molar-refractivity contribution in [2.24, 2.45) is 7.05 Å². The van der Waals surface area contributed by atoms with E-state index in [0.29, 0.717) is 0 Å². The molecule has 5 rings (SSSR count). The third kappa shape index (κ3) is 2.42. The minimum absolute atomic E-state index is 0. The first-order valence-electron chi connectivity index (χ1n) is 8.66. The Bertz CT molecular complexity index is 842. The molecule has 0 bridgehead atoms. The Balaban J connectivity index is 0.00000146. The Morgan fingerprint density at radius 1 is 0.708 bits per heavy atom. The molecule has 2 aliphatic rings. The van der Waals surface area contributed by atoms with Crippen molar-refractivity contribution >= 4 is 33.2 Å². The topological polar surface area (TPSA) is 10.4 Å². The number of benzene rings is 2. The van der Waals surface area contributed by atoms with E-state index in [1.54, 1.807) is 0 Å². The van der Waals surface area contributed by atoms with Gasteiger partial charge in [0.15, 0.2) is 0 Å². The summed E-state index contributed by atoms with van der Waals surface area (Å²) in [7, 11) is 2.20. The zero-order valence-electron chi connectivity index (χ0n) is 14.0. The molecule has 0 amide bonds. The Hall–Kier alpha value is -1.56. The number of pyridine rings is 1. The van der Waals surface area contributed by atoms with Crippen LogP contribution in [0.5, 0.6) is 0 Å². The number of fused-ring (bicyclic) bond motifs is 2. The number of hydrogen-bond acceptors (Lipinski definition) is 2. The highest BCUT2D eigenvalue weighted by Crippen LogP contribution is 2.28. The van der Waals surface area contributed by atoms with Gasteiger partial charge >= 0.3 is 0 Å². The third-order valence-corrected chi connectivity index (χ3v) is 5.50. The first-order chi connectivity index (χ1) is 11.3. The summed E-state index contributed by atoms with van der Waals surface area (Å²) < 4.78 is 2.36. The first kappa shape index (κ1) is 15.9. The molecule has 4 heteroatoms. The van der Waals surface area contributed by atoms with Gasteiger partial charge in [-0.15, -0.1) is 0 Å². The van der Waals surface area contributed by atoms with Crippen LogP contribution >= 0.6 is 0 Å².